The SMILES string of the molecule is COc1ccccc1C(=O)NC(CCSC)C(=O)NC1CCCNC1=O. The smallest absolute Gasteiger partial charge is 0.255 e. The van der Waals surface area contributed by atoms with Gasteiger partial charge in [-0.05, 0) is 43.4 Å². The second kappa shape index (κ2) is 10.1. The average Bonchev–Trinajstić information content (AvgIpc) is 2.66. The Hall–Kier alpha value is -2.22. The Morgan fingerprint density at radius 1 is 1.38 bits per heavy atom. The summed E-state index contributed by atoms with van der Waals surface area (Å²) in [5.74, 6) is 0.257. The van der Waals surface area contributed by atoms with Gasteiger partial charge in [0.1, 0.15) is 17.8 Å². The van der Waals surface area contributed by atoms with Crippen molar-refractivity contribution in [2.24, 2.45) is 0 Å². The molecule has 1 aliphatic rings. The Kier molecular flexibility index (Phi) is 7.77. The standard InChI is InChI=1S/C18H25N3O4S/c1-25-15-8-4-3-6-12(15)16(22)20-14(9-11-26-2)18(24)21-13-7-5-10-19-17(13)23/h3-4,6,8,13-14H,5,7,9-11H2,1-2H3,(H,19,23)(H,20,22)(H,21,24). The van der Waals surface area contributed by atoms with E-state index >= 15 is 0 Å². The van der Waals surface area contributed by atoms with Gasteiger partial charge >= 0.3 is 0 Å². The van der Waals surface area contributed by atoms with E-state index in [2.05, 4.69) is 16.0 Å². The number of amides is 3. The van der Waals surface area contributed by atoms with Gasteiger partial charge in [-0.2, -0.15) is 11.8 Å². The fourth-order valence-electron chi connectivity index (χ4n) is 2.75. The number of nitrogens with one attached hydrogen (secondary N) is 3. The lowest BCUT2D eigenvalue weighted by atomic mass is 10.1. The van der Waals surface area contributed by atoms with Crippen LogP contribution in [0.3, 0.4) is 0 Å². The Bertz CT molecular complexity index is 653. The lowest BCUT2D eigenvalue weighted by Crippen LogP contribution is -2.55. The summed E-state index contributed by atoms with van der Waals surface area (Å²) >= 11 is 1.59. The molecule has 2 atom stereocenters. The Labute approximate surface area is 157 Å². The van der Waals surface area contributed by atoms with Crippen molar-refractivity contribution in [1.29, 1.82) is 0 Å². The van der Waals surface area contributed by atoms with Crippen molar-refractivity contribution in [1.82, 2.24) is 16.0 Å². The van der Waals surface area contributed by atoms with Crippen LogP contribution in [0.5, 0.6) is 5.75 Å². The largest absolute Gasteiger partial charge is 0.496 e. The fraction of sp³-hybridized carbons (Fsp3) is 0.500. The highest BCUT2D eigenvalue weighted by atomic mass is 32.2. The Morgan fingerprint density at radius 2 is 2.15 bits per heavy atom. The molecule has 1 heterocycles. The van der Waals surface area contributed by atoms with Gasteiger partial charge < -0.3 is 20.7 Å². The van der Waals surface area contributed by atoms with Crippen LogP contribution in [0.4, 0.5) is 0 Å². The third-order valence-electron chi connectivity index (χ3n) is 4.19. The van der Waals surface area contributed by atoms with Crippen molar-refractivity contribution in [3.63, 3.8) is 0 Å². The van der Waals surface area contributed by atoms with Crippen LogP contribution in [0.25, 0.3) is 0 Å². The first-order chi connectivity index (χ1) is 12.6. The molecule has 2 unspecified atom stereocenters. The van der Waals surface area contributed by atoms with E-state index in [0.717, 1.165) is 6.42 Å². The van der Waals surface area contributed by atoms with E-state index in [1.165, 1.54) is 7.11 Å². The molecule has 1 aromatic rings. The minimum absolute atomic E-state index is 0.177. The minimum Gasteiger partial charge on any atom is -0.496 e. The van der Waals surface area contributed by atoms with Crippen molar-refractivity contribution in [3.05, 3.63) is 29.8 Å². The quantitative estimate of drug-likeness (QED) is 0.625. The zero-order valence-electron chi connectivity index (χ0n) is 15.0. The maximum absolute atomic E-state index is 12.6. The summed E-state index contributed by atoms with van der Waals surface area (Å²) in [5, 5.41) is 8.27. The first-order valence-electron chi connectivity index (χ1n) is 8.57. The van der Waals surface area contributed by atoms with Crippen molar-refractivity contribution < 1.29 is 19.1 Å². The molecule has 26 heavy (non-hydrogen) atoms. The number of hydrogen-bond acceptors (Lipinski definition) is 5. The van der Waals surface area contributed by atoms with Gasteiger partial charge in [0, 0.05) is 6.54 Å². The highest BCUT2D eigenvalue weighted by Crippen LogP contribution is 2.17. The molecule has 0 bridgehead atoms. The third-order valence-corrected chi connectivity index (χ3v) is 4.83. The van der Waals surface area contributed by atoms with Crippen molar-refractivity contribution >= 4 is 29.5 Å². The van der Waals surface area contributed by atoms with Crippen LogP contribution < -0.4 is 20.7 Å². The molecular formula is C18H25N3O4S. The van der Waals surface area contributed by atoms with Crippen molar-refractivity contribution in [3.8, 4) is 5.75 Å². The molecule has 1 aliphatic heterocycles. The summed E-state index contributed by atoms with van der Waals surface area (Å²) in [4.78, 5) is 37.1. The molecule has 0 saturated carbocycles. The molecule has 3 N–H and O–H groups in total. The number of hydrogen-bond donors (Lipinski definition) is 3. The van der Waals surface area contributed by atoms with E-state index in [1.807, 2.05) is 6.26 Å². The number of para-hydroxylation sites is 1. The number of benzene rings is 1. The maximum atomic E-state index is 12.6. The molecule has 2 rings (SSSR count). The number of methoxy groups -OCH3 is 1. The van der Waals surface area contributed by atoms with Crippen LogP contribution in [0, 0.1) is 0 Å². The second-order valence-corrected chi connectivity index (χ2v) is 6.99. The summed E-state index contributed by atoms with van der Waals surface area (Å²) in [6.45, 7) is 0.631. The number of carbonyl (C=O) groups is 3. The molecule has 7 nitrogen and oxygen atoms in total. The van der Waals surface area contributed by atoms with Gasteiger partial charge in [-0.25, -0.2) is 0 Å². The van der Waals surface area contributed by atoms with Crippen LogP contribution in [0.15, 0.2) is 24.3 Å². The van der Waals surface area contributed by atoms with Crippen LogP contribution in [-0.4, -0.2) is 55.5 Å². The Balaban J connectivity index is 2.06. The molecule has 8 heteroatoms. The average molecular weight is 379 g/mol. The summed E-state index contributed by atoms with van der Waals surface area (Å²) < 4.78 is 5.21. The first kappa shape index (κ1) is 20.1. The normalized spacial score (nSPS) is 17.8. The first-order valence-corrected chi connectivity index (χ1v) is 9.97. The lowest BCUT2D eigenvalue weighted by molar-refractivity contribution is -0.131. The van der Waals surface area contributed by atoms with E-state index in [1.54, 1.807) is 36.0 Å². The van der Waals surface area contributed by atoms with Gasteiger partial charge in [-0.1, -0.05) is 12.1 Å². The van der Waals surface area contributed by atoms with Gasteiger partial charge in [-0.15, -0.1) is 0 Å². The molecule has 1 saturated heterocycles. The molecular weight excluding hydrogens is 354 g/mol. The molecule has 0 spiro atoms. The number of rotatable bonds is 8. The minimum atomic E-state index is -0.713. The highest BCUT2D eigenvalue weighted by Gasteiger charge is 2.28. The number of thioether (sulfide) groups is 1. The van der Waals surface area contributed by atoms with E-state index in [9.17, 15) is 14.4 Å². The number of carbonyl (C=O) groups excluding carboxylic acids is 3. The van der Waals surface area contributed by atoms with Gasteiger partial charge in [0.2, 0.25) is 11.8 Å². The molecule has 0 radical (unpaired) electrons. The van der Waals surface area contributed by atoms with E-state index in [-0.39, 0.29) is 17.7 Å². The van der Waals surface area contributed by atoms with Gasteiger partial charge in [0.05, 0.1) is 12.7 Å². The monoisotopic (exact) mass is 379 g/mol. The maximum Gasteiger partial charge on any atom is 0.255 e. The molecule has 0 aromatic heterocycles. The zero-order valence-corrected chi connectivity index (χ0v) is 15.9. The predicted octanol–water partition coefficient (Wildman–Crippen LogP) is 0.941. The van der Waals surface area contributed by atoms with Gasteiger partial charge in [0.25, 0.3) is 5.91 Å². The second-order valence-electron chi connectivity index (χ2n) is 6.00. The molecule has 3 amide bonds. The summed E-state index contributed by atoms with van der Waals surface area (Å²) in [5.41, 5.74) is 0.368. The number of piperidine rings is 1. The summed E-state index contributed by atoms with van der Waals surface area (Å²) in [6, 6.07) is 5.59. The van der Waals surface area contributed by atoms with Crippen molar-refractivity contribution in [2.45, 2.75) is 31.3 Å². The summed E-state index contributed by atoms with van der Waals surface area (Å²) in [7, 11) is 1.49. The Morgan fingerprint density at radius 3 is 2.85 bits per heavy atom. The van der Waals surface area contributed by atoms with Crippen LogP contribution >= 0.6 is 11.8 Å². The molecule has 1 fully saturated rings. The highest BCUT2D eigenvalue weighted by molar-refractivity contribution is 7.98. The van der Waals surface area contributed by atoms with Crippen LogP contribution in [0.1, 0.15) is 29.6 Å². The fourth-order valence-corrected chi connectivity index (χ4v) is 3.23. The number of ether oxygens (including phenoxy) is 1. The third kappa shape index (κ3) is 5.39. The summed E-state index contributed by atoms with van der Waals surface area (Å²) in [6.07, 6.45) is 3.83. The molecule has 1 aromatic carbocycles. The predicted molar refractivity (Wildman–Crippen MR) is 101 cm³/mol. The van der Waals surface area contributed by atoms with Crippen LogP contribution in [0.2, 0.25) is 0 Å². The van der Waals surface area contributed by atoms with Crippen LogP contribution in [-0.2, 0) is 9.59 Å². The molecule has 0 aliphatic carbocycles. The zero-order chi connectivity index (χ0) is 18.9. The van der Waals surface area contributed by atoms with E-state index in [4.69, 9.17) is 4.74 Å². The lowest BCUT2D eigenvalue weighted by Gasteiger charge is -2.25. The molecule has 142 valence electrons. The van der Waals surface area contributed by atoms with Gasteiger partial charge in [0.15, 0.2) is 0 Å². The van der Waals surface area contributed by atoms with E-state index < -0.39 is 12.1 Å². The van der Waals surface area contributed by atoms with Gasteiger partial charge in [-0.3, -0.25) is 14.4 Å². The topological polar surface area (TPSA) is 96.5 Å². The van der Waals surface area contributed by atoms with Crippen molar-refractivity contribution in [2.75, 3.05) is 25.7 Å². The van der Waals surface area contributed by atoms with E-state index in [0.29, 0.717) is 36.5 Å².